The van der Waals surface area contributed by atoms with E-state index in [-0.39, 0.29) is 0 Å². The molecule has 2 N–H and O–H groups in total. The average Bonchev–Trinajstić information content (AvgIpc) is 2.15. The van der Waals surface area contributed by atoms with Crippen molar-refractivity contribution in [1.82, 2.24) is 4.90 Å². The fourth-order valence-electron chi connectivity index (χ4n) is 2.27. The van der Waals surface area contributed by atoms with Crippen molar-refractivity contribution in [2.24, 2.45) is 11.7 Å². The molecule has 1 aliphatic rings. The number of rotatable bonds is 4. The lowest BCUT2D eigenvalue weighted by Crippen LogP contribution is -2.37. The summed E-state index contributed by atoms with van der Waals surface area (Å²) < 4.78 is 0. The SMILES string of the molecule is CC(N)CCN(C)C1CCC(C)CC1. The molecule has 1 fully saturated rings. The molecule has 2 nitrogen and oxygen atoms in total. The maximum absolute atomic E-state index is 5.77. The van der Waals surface area contributed by atoms with Gasteiger partial charge in [0.15, 0.2) is 0 Å². The van der Waals surface area contributed by atoms with Crippen LogP contribution in [0.1, 0.15) is 46.0 Å². The van der Waals surface area contributed by atoms with Crippen LogP contribution in [0.25, 0.3) is 0 Å². The molecule has 0 radical (unpaired) electrons. The van der Waals surface area contributed by atoms with Crippen LogP contribution >= 0.6 is 0 Å². The van der Waals surface area contributed by atoms with Gasteiger partial charge in [-0.1, -0.05) is 6.92 Å². The molecule has 1 atom stereocenters. The largest absolute Gasteiger partial charge is 0.328 e. The Hall–Kier alpha value is -0.0800. The van der Waals surface area contributed by atoms with E-state index < -0.39 is 0 Å². The molecule has 84 valence electrons. The van der Waals surface area contributed by atoms with Gasteiger partial charge in [-0.15, -0.1) is 0 Å². The Labute approximate surface area is 88.8 Å². The van der Waals surface area contributed by atoms with Gasteiger partial charge in [0.05, 0.1) is 0 Å². The fraction of sp³-hybridized carbons (Fsp3) is 1.00. The van der Waals surface area contributed by atoms with Crippen LogP contribution in [0.3, 0.4) is 0 Å². The molecule has 1 rings (SSSR count). The minimum Gasteiger partial charge on any atom is -0.328 e. The Bertz CT molecular complexity index is 148. The van der Waals surface area contributed by atoms with Crippen LogP contribution in [0.15, 0.2) is 0 Å². The number of hydrogen-bond donors (Lipinski definition) is 1. The van der Waals surface area contributed by atoms with Crippen LogP contribution in [0.4, 0.5) is 0 Å². The second-order valence-electron chi connectivity index (χ2n) is 5.16. The molecule has 0 bridgehead atoms. The topological polar surface area (TPSA) is 29.3 Å². The van der Waals surface area contributed by atoms with E-state index in [1.54, 1.807) is 0 Å². The summed E-state index contributed by atoms with van der Waals surface area (Å²) in [6, 6.07) is 1.17. The molecular formula is C12H26N2. The van der Waals surface area contributed by atoms with Crippen LogP contribution in [0.2, 0.25) is 0 Å². The molecule has 0 aromatic carbocycles. The molecule has 1 unspecified atom stereocenters. The van der Waals surface area contributed by atoms with Crippen molar-refractivity contribution in [1.29, 1.82) is 0 Å². The first kappa shape index (κ1) is 12.0. The molecule has 2 heteroatoms. The Kier molecular flexibility index (Phi) is 4.90. The van der Waals surface area contributed by atoms with Gasteiger partial charge in [-0.05, 0) is 58.5 Å². The maximum Gasteiger partial charge on any atom is 0.00924 e. The molecule has 0 heterocycles. The summed E-state index contributed by atoms with van der Waals surface area (Å²) in [5.41, 5.74) is 5.77. The summed E-state index contributed by atoms with van der Waals surface area (Å²) >= 11 is 0. The normalized spacial score (nSPS) is 30.6. The fourth-order valence-corrected chi connectivity index (χ4v) is 2.27. The van der Waals surface area contributed by atoms with Crippen molar-refractivity contribution >= 4 is 0 Å². The first-order chi connectivity index (χ1) is 6.59. The zero-order valence-electron chi connectivity index (χ0n) is 10.00. The van der Waals surface area contributed by atoms with Crippen LogP contribution in [-0.2, 0) is 0 Å². The lowest BCUT2D eigenvalue weighted by atomic mass is 9.86. The summed E-state index contributed by atoms with van der Waals surface area (Å²) in [5.74, 6) is 0.952. The lowest BCUT2D eigenvalue weighted by Gasteiger charge is -2.33. The van der Waals surface area contributed by atoms with E-state index in [4.69, 9.17) is 5.73 Å². The van der Waals surface area contributed by atoms with Crippen molar-refractivity contribution in [2.45, 2.75) is 58.0 Å². The van der Waals surface area contributed by atoms with Gasteiger partial charge >= 0.3 is 0 Å². The third-order valence-electron chi connectivity index (χ3n) is 3.55. The van der Waals surface area contributed by atoms with Crippen LogP contribution in [0, 0.1) is 5.92 Å². The molecule has 0 aromatic rings. The van der Waals surface area contributed by atoms with Gasteiger partial charge in [0.25, 0.3) is 0 Å². The van der Waals surface area contributed by atoms with E-state index in [0.29, 0.717) is 6.04 Å². The first-order valence-corrected chi connectivity index (χ1v) is 6.05. The van der Waals surface area contributed by atoms with Crippen molar-refractivity contribution in [2.75, 3.05) is 13.6 Å². The molecule has 1 aliphatic carbocycles. The monoisotopic (exact) mass is 198 g/mol. The van der Waals surface area contributed by atoms with Crippen molar-refractivity contribution in [3.05, 3.63) is 0 Å². The summed E-state index contributed by atoms with van der Waals surface area (Å²) in [6.07, 6.45) is 6.72. The summed E-state index contributed by atoms with van der Waals surface area (Å²) in [7, 11) is 2.25. The van der Waals surface area contributed by atoms with E-state index >= 15 is 0 Å². The standard InChI is InChI=1S/C12H26N2/c1-10-4-6-12(7-5-10)14(3)9-8-11(2)13/h10-12H,4-9,13H2,1-3H3. The maximum atomic E-state index is 5.77. The summed E-state index contributed by atoms with van der Waals surface area (Å²) in [5, 5.41) is 0. The molecule has 0 spiro atoms. The van der Waals surface area contributed by atoms with Gasteiger partial charge in [0.2, 0.25) is 0 Å². The molecule has 0 aromatic heterocycles. The van der Waals surface area contributed by atoms with Crippen LogP contribution in [-0.4, -0.2) is 30.6 Å². The van der Waals surface area contributed by atoms with E-state index in [1.165, 1.54) is 25.7 Å². The highest BCUT2D eigenvalue weighted by atomic mass is 15.1. The number of nitrogens with two attached hydrogens (primary N) is 1. The van der Waals surface area contributed by atoms with Crippen molar-refractivity contribution in [3.8, 4) is 0 Å². The molecule has 14 heavy (non-hydrogen) atoms. The third kappa shape index (κ3) is 3.97. The highest BCUT2D eigenvalue weighted by Gasteiger charge is 2.21. The molecule has 0 aliphatic heterocycles. The molecule has 1 saturated carbocycles. The Morgan fingerprint density at radius 2 is 1.86 bits per heavy atom. The van der Waals surface area contributed by atoms with Gasteiger partial charge in [0.1, 0.15) is 0 Å². The van der Waals surface area contributed by atoms with Crippen molar-refractivity contribution in [3.63, 3.8) is 0 Å². The van der Waals surface area contributed by atoms with Crippen LogP contribution < -0.4 is 5.73 Å². The number of nitrogens with zero attached hydrogens (tertiary/aromatic N) is 1. The highest BCUT2D eigenvalue weighted by molar-refractivity contribution is 4.76. The predicted molar refractivity (Wildman–Crippen MR) is 62.3 cm³/mol. The Balaban J connectivity index is 2.20. The highest BCUT2D eigenvalue weighted by Crippen LogP contribution is 2.26. The lowest BCUT2D eigenvalue weighted by molar-refractivity contribution is 0.166. The molecule has 0 amide bonds. The molecular weight excluding hydrogens is 172 g/mol. The first-order valence-electron chi connectivity index (χ1n) is 6.05. The van der Waals surface area contributed by atoms with Crippen molar-refractivity contribution < 1.29 is 0 Å². The quantitative estimate of drug-likeness (QED) is 0.750. The average molecular weight is 198 g/mol. The third-order valence-corrected chi connectivity index (χ3v) is 3.55. The minimum atomic E-state index is 0.347. The van der Waals surface area contributed by atoms with Gasteiger partial charge < -0.3 is 10.6 Å². The Morgan fingerprint density at radius 3 is 2.36 bits per heavy atom. The van der Waals surface area contributed by atoms with Gasteiger partial charge in [-0.2, -0.15) is 0 Å². The van der Waals surface area contributed by atoms with Crippen LogP contribution in [0.5, 0.6) is 0 Å². The smallest absolute Gasteiger partial charge is 0.00924 e. The van der Waals surface area contributed by atoms with E-state index in [2.05, 4.69) is 25.8 Å². The Morgan fingerprint density at radius 1 is 1.29 bits per heavy atom. The second-order valence-corrected chi connectivity index (χ2v) is 5.16. The van der Waals surface area contributed by atoms with Gasteiger partial charge in [0, 0.05) is 12.1 Å². The minimum absolute atomic E-state index is 0.347. The second kappa shape index (κ2) is 5.72. The van der Waals surface area contributed by atoms with E-state index in [1.807, 2.05) is 0 Å². The summed E-state index contributed by atoms with van der Waals surface area (Å²) in [4.78, 5) is 2.51. The zero-order valence-corrected chi connectivity index (χ0v) is 10.00. The van der Waals surface area contributed by atoms with Gasteiger partial charge in [-0.25, -0.2) is 0 Å². The zero-order chi connectivity index (χ0) is 10.6. The number of hydrogen-bond acceptors (Lipinski definition) is 2. The van der Waals surface area contributed by atoms with E-state index in [9.17, 15) is 0 Å². The predicted octanol–water partition coefficient (Wildman–Crippen LogP) is 2.23. The molecule has 0 saturated heterocycles. The van der Waals surface area contributed by atoms with Gasteiger partial charge in [-0.3, -0.25) is 0 Å². The summed E-state index contributed by atoms with van der Waals surface area (Å²) in [6.45, 7) is 5.63. The van der Waals surface area contributed by atoms with E-state index in [0.717, 1.165) is 24.9 Å².